The molecule has 0 aliphatic carbocycles. The monoisotopic (exact) mass is 294 g/mol. The number of imide groups is 1. The van der Waals surface area contributed by atoms with Gasteiger partial charge >= 0.3 is 0 Å². The van der Waals surface area contributed by atoms with Gasteiger partial charge in [-0.25, -0.2) is 0 Å². The van der Waals surface area contributed by atoms with Crippen molar-refractivity contribution in [1.82, 2.24) is 9.80 Å². The molecular weight excluding hydrogens is 276 g/mol. The zero-order chi connectivity index (χ0) is 14.9. The lowest BCUT2D eigenvalue weighted by molar-refractivity contribution is -0.139. The van der Waals surface area contributed by atoms with Gasteiger partial charge in [0.2, 0.25) is 0 Å². The van der Waals surface area contributed by atoms with Crippen LogP contribution in [0.3, 0.4) is 0 Å². The van der Waals surface area contributed by atoms with Crippen LogP contribution in [-0.4, -0.2) is 53.0 Å². The molecule has 2 amide bonds. The fourth-order valence-corrected chi connectivity index (χ4v) is 3.03. The van der Waals surface area contributed by atoms with Crippen molar-refractivity contribution in [3.05, 3.63) is 28.1 Å². The van der Waals surface area contributed by atoms with Crippen molar-refractivity contribution in [3.8, 4) is 0 Å². The first-order valence-corrected chi connectivity index (χ1v) is 7.35. The Morgan fingerprint density at radius 1 is 1.35 bits per heavy atom. The van der Waals surface area contributed by atoms with Crippen molar-refractivity contribution in [3.63, 3.8) is 0 Å². The van der Waals surface area contributed by atoms with E-state index in [0.717, 1.165) is 4.88 Å². The minimum absolute atomic E-state index is 0.0686. The summed E-state index contributed by atoms with van der Waals surface area (Å²) in [6.45, 7) is 3.88. The first-order chi connectivity index (χ1) is 9.49. The molecule has 0 saturated carbocycles. The fraction of sp³-hybridized carbons (Fsp3) is 0.429. The second-order valence-electron chi connectivity index (χ2n) is 4.92. The van der Waals surface area contributed by atoms with Gasteiger partial charge in [-0.1, -0.05) is 6.07 Å². The normalized spacial score (nSPS) is 15.8. The van der Waals surface area contributed by atoms with Crippen LogP contribution in [0.15, 0.2) is 23.2 Å². The molecule has 0 fully saturated rings. The van der Waals surface area contributed by atoms with Crippen molar-refractivity contribution in [2.45, 2.75) is 19.9 Å². The average Bonchev–Trinajstić information content (AvgIpc) is 2.95. The van der Waals surface area contributed by atoms with Crippen LogP contribution in [0.5, 0.6) is 0 Å². The molecule has 0 radical (unpaired) electrons. The van der Waals surface area contributed by atoms with Crippen LogP contribution < -0.4 is 0 Å². The molecule has 0 spiro atoms. The highest BCUT2D eigenvalue weighted by atomic mass is 32.1. The summed E-state index contributed by atoms with van der Waals surface area (Å²) in [5, 5.41) is 10.9. The molecular formula is C14H18N2O3S. The highest BCUT2D eigenvalue weighted by Crippen LogP contribution is 2.34. The van der Waals surface area contributed by atoms with Crippen LogP contribution in [0.4, 0.5) is 0 Å². The van der Waals surface area contributed by atoms with E-state index in [1.165, 1.54) is 16.2 Å². The maximum atomic E-state index is 12.5. The van der Waals surface area contributed by atoms with E-state index in [1.807, 2.05) is 31.4 Å². The van der Waals surface area contributed by atoms with E-state index in [4.69, 9.17) is 5.11 Å². The summed E-state index contributed by atoms with van der Waals surface area (Å²) >= 11 is 1.43. The van der Waals surface area contributed by atoms with Crippen LogP contribution in [-0.2, 0) is 9.59 Å². The first kappa shape index (κ1) is 14.7. The van der Waals surface area contributed by atoms with Crippen molar-refractivity contribution >= 4 is 28.7 Å². The lowest BCUT2D eigenvalue weighted by Gasteiger charge is -2.22. The molecule has 108 valence electrons. The van der Waals surface area contributed by atoms with Crippen molar-refractivity contribution in [1.29, 1.82) is 0 Å². The fourth-order valence-electron chi connectivity index (χ4n) is 2.26. The summed E-state index contributed by atoms with van der Waals surface area (Å²) in [6.07, 6.45) is 0. The number of carbonyl (C=O) groups is 2. The lowest BCUT2D eigenvalue weighted by Crippen LogP contribution is -2.39. The van der Waals surface area contributed by atoms with Crippen LogP contribution in [0.1, 0.15) is 18.7 Å². The minimum atomic E-state index is -0.288. The average molecular weight is 294 g/mol. The van der Waals surface area contributed by atoms with Crippen LogP contribution in [0, 0.1) is 0 Å². The molecule has 6 heteroatoms. The van der Waals surface area contributed by atoms with Gasteiger partial charge in [-0.3, -0.25) is 14.5 Å². The molecule has 0 unspecified atom stereocenters. The summed E-state index contributed by atoms with van der Waals surface area (Å²) in [5.74, 6) is -0.545. The number of rotatable bonds is 5. The second-order valence-corrected chi connectivity index (χ2v) is 5.87. The van der Waals surface area contributed by atoms with Crippen molar-refractivity contribution in [2.24, 2.45) is 0 Å². The van der Waals surface area contributed by atoms with Gasteiger partial charge in [0, 0.05) is 24.5 Å². The Morgan fingerprint density at radius 3 is 2.55 bits per heavy atom. The standard InChI is InChI=1S/C14H18N2O3S/c1-9(2)16-13(18)11(10-5-4-8-20-10)12(14(16)19)15(3)6-7-17/h4-5,8-9,17H,6-7H2,1-3H3. The molecule has 0 atom stereocenters. The van der Waals surface area contributed by atoms with Gasteiger partial charge in [0.15, 0.2) is 0 Å². The molecule has 1 aliphatic rings. The summed E-state index contributed by atoms with van der Waals surface area (Å²) in [6, 6.07) is 3.50. The number of aliphatic hydroxyl groups is 1. The number of hydrogen-bond donors (Lipinski definition) is 1. The Bertz CT molecular complexity index is 549. The van der Waals surface area contributed by atoms with Gasteiger partial charge in [0.05, 0.1) is 12.2 Å². The Balaban J connectivity index is 2.52. The number of hydrogen-bond acceptors (Lipinski definition) is 5. The molecule has 0 aromatic carbocycles. The Hall–Kier alpha value is -1.66. The minimum Gasteiger partial charge on any atom is -0.395 e. The SMILES string of the molecule is CC(C)N1C(=O)C(c2cccs2)=C(N(C)CCO)C1=O. The first-order valence-electron chi connectivity index (χ1n) is 6.47. The number of nitrogens with zero attached hydrogens (tertiary/aromatic N) is 2. The topological polar surface area (TPSA) is 60.9 Å². The number of likely N-dealkylation sites (N-methyl/N-ethyl adjacent to an activating group) is 1. The second kappa shape index (κ2) is 5.76. The van der Waals surface area contributed by atoms with E-state index in [9.17, 15) is 9.59 Å². The van der Waals surface area contributed by atoms with Crippen LogP contribution in [0.25, 0.3) is 5.57 Å². The van der Waals surface area contributed by atoms with Gasteiger partial charge in [-0.15, -0.1) is 11.3 Å². The summed E-state index contributed by atoms with van der Waals surface area (Å²) in [4.78, 5) is 28.8. The van der Waals surface area contributed by atoms with Gasteiger partial charge < -0.3 is 10.0 Å². The largest absolute Gasteiger partial charge is 0.395 e. The molecule has 1 aromatic heterocycles. The van der Waals surface area contributed by atoms with Gasteiger partial charge in [0.1, 0.15) is 5.70 Å². The van der Waals surface area contributed by atoms with E-state index in [1.54, 1.807) is 11.9 Å². The molecule has 20 heavy (non-hydrogen) atoms. The van der Waals surface area contributed by atoms with Gasteiger partial charge in [-0.2, -0.15) is 0 Å². The third kappa shape index (κ3) is 2.36. The third-order valence-corrected chi connectivity index (χ3v) is 4.08. The quantitative estimate of drug-likeness (QED) is 0.828. The van der Waals surface area contributed by atoms with Crippen LogP contribution in [0.2, 0.25) is 0 Å². The van der Waals surface area contributed by atoms with E-state index in [-0.39, 0.29) is 24.5 Å². The Kier molecular flexibility index (Phi) is 4.25. The summed E-state index contributed by atoms with van der Waals surface area (Å²) < 4.78 is 0. The Morgan fingerprint density at radius 2 is 2.05 bits per heavy atom. The highest BCUT2D eigenvalue weighted by molar-refractivity contribution is 7.11. The van der Waals surface area contributed by atoms with E-state index < -0.39 is 0 Å². The molecule has 1 aliphatic heterocycles. The van der Waals surface area contributed by atoms with Gasteiger partial charge in [-0.05, 0) is 25.3 Å². The molecule has 1 N–H and O–H groups in total. The predicted molar refractivity (Wildman–Crippen MR) is 77.9 cm³/mol. The third-order valence-electron chi connectivity index (χ3n) is 3.19. The zero-order valence-electron chi connectivity index (χ0n) is 11.8. The van der Waals surface area contributed by atoms with Crippen LogP contribution >= 0.6 is 11.3 Å². The van der Waals surface area contributed by atoms with Crippen molar-refractivity contribution in [2.75, 3.05) is 20.2 Å². The Labute approximate surface area is 122 Å². The van der Waals surface area contributed by atoms with Crippen molar-refractivity contribution < 1.29 is 14.7 Å². The molecule has 5 nitrogen and oxygen atoms in total. The van der Waals surface area contributed by atoms with Gasteiger partial charge in [0.25, 0.3) is 11.8 Å². The maximum Gasteiger partial charge on any atom is 0.278 e. The summed E-state index contributed by atoms with van der Waals surface area (Å²) in [7, 11) is 1.72. The molecule has 2 rings (SSSR count). The number of aliphatic hydroxyl groups excluding tert-OH is 1. The zero-order valence-corrected chi connectivity index (χ0v) is 12.6. The molecule has 0 saturated heterocycles. The smallest absolute Gasteiger partial charge is 0.278 e. The van der Waals surface area contributed by atoms with E-state index in [0.29, 0.717) is 17.8 Å². The number of thiophene rings is 1. The highest BCUT2D eigenvalue weighted by Gasteiger charge is 2.42. The lowest BCUT2D eigenvalue weighted by atomic mass is 10.2. The van der Waals surface area contributed by atoms with E-state index >= 15 is 0 Å². The van der Waals surface area contributed by atoms with E-state index in [2.05, 4.69) is 0 Å². The number of carbonyl (C=O) groups excluding carboxylic acids is 2. The molecule has 2 heterocycles. The predicted octanol–water partition coefficient (Wildman–Crippen LogP) is 1.16. The summed E-state index contributed by atoms with van der Waals surface area (Å²) in [5.41, 5.74) is 0.815. The molecule has 1 aromatic rings. The maximum absolute atomic E-state index is 12.5. The molecule has 0 bridgehead atoms. The number of amides is 2.